The van der Waals surface area contributed by atoms with Gasteiger partial charge in [-0.25, -0.2) is 0 Å². The summed E-state index contributed by atoms with van der Waals surface area (Å²) in [5, 5.41) is 0. The Morgan fingerprint density at radius 3 is 1.46 bits per heavy atom. The van der Waals surface area contributed by atoms with Crippen molar-refractivity contribution in [3.63, 3.8) is 0 Å². The van der Waals surface area contributed by atoms with Crippen molar-refractivity contribution in [1.29, 1.82) is 0 Å². The first-order valence-electron chi connectivity index (χ1n) is 25.3. The van der Waals surface area contributed by atoms with Gasteiger partial charge < -0.3 is 19.3 Å². The van der Waals surface area contributed by atoms with Crippen LogP contribution in [-0.2, 0) is 23.9 Å². The summed E-state index contributed by atoms with van der Waals surface area (Å²) in [6, 6.07) is 0. The van der Waals surface area contributed by atoms with Crippen molar-refractivity contribution in [3.05, 3.63) is 0 Å². The molecule has 0 unspecified atom stereocenters. The zero-order valence-corrected chi connectivity index (χ0v) is 38.8. The first-order chi connectivity index (χ1) is 28.0. The molecular formula is C50H98N2O5. The monoisotopic (exact) mass is 807 g/mol. The maximum atomic E-state index is 12.7. The van der Waals surface area contributed by atoms with Crippen LogP contribution in [0.25, 0.3) is 0 Å². The Hall–Kier alpha value is -1.63. The van der Waals surface area contributed by atoms with Crippen LogP contribution >= 0.6 is 0 Å². The van der Waals surface area contributed by atoms with Gasteiger partial charge in [-0.1, -0.05) is 182 Å². The lowest BCUT2D eigenvalue weighted by molar-refractivity contribution is -0.150. The van der Waals surface area contributed by atoms with Gasteiger partial charge in [-0.15, -0.1) is 0 Å². The smallest absolute Gasteiger partial charge is 0.306 e. The maximum Gasteiger partial charge on any atom is 0.306 e. The minimum absolute atomic E-state index is 0.0403. The van der Waals surface area contributed by atoms with Gasteiger partial charge in [0, 0.05) is 25.9 Å². The second-order valence-electron chi connectivity index (χ2n) is 17.3. The van der Waals surface area contributed by atoms with E-state index < -0.39 is 0 Å². The van der Waals surface area contributed by atoms with Crippen LogP contribution < -0.4 is 0 Å². The normalized spacial score (nSPS) is 12.7. The third-order valence-corrected chi connectivity index (χ3v) is 11.7. The van der Waals surface area contributed by atoms with E-state index in [2.05, 4.69) is 42.2 Å². The molecule has 0 atom stereocenters. The number of amides is 1. The number of unbranched alkanes of at least 4 members (excludes halogenated alkanes) is 25. The average molecular weight is 807 g/mol. The van der Waals surface area contributed by atoms with Gasteiger partial charge in [0.15, 0.2) is 0 Å². The Labute approximate surface area is 355 Å². The van der Waals surface area contributed by atoms with Gasteiger partial charge in [-0.2, -0.15) is 0 Å². The molecule has 0 bridgehead atoms. The maximum absolute atomic E-state index is 12.7. The number of hydrogen-bond acceptors (Lipinski definition) is 6. The molecule has 0 N–H and O–H groups in total. The highest BCUT2D eigenvalue weighted by molar-refractivity contribution is 5.78. The minimum Gasteiger partial charge on any atom is -0.468 e. The molecule has 1 fully saturated rings. The number of carbonyl (C=O) groups excluding carboxylic acids is 3. The zero-order valence-electron chi connectivity index (χ0n) is 38.8. The van der Waals surface area contributed by atoms with E-state index in [1.54, 1.807) is 0 Å². The highest BCUT2D eigenvalue weighted by atomic mass is 16.5. The van der Waals surface area contributed by atoms with Gasteiger partial charge in [0.05, 0.1) is 6.61 Å². The summed E-state index contributed by atoms with van der Waals surface area (Å²) in [6.45, 7) is 15.5. The van der Waals surface area contributed by atoms with Crippen molar-refractivity contribution in [2.24, 2.45) is 0 Å². The number of rotatable bonds is 43. The highest BCUT2D eigenvalue weighted by Crippen LogP contribution is 2.19. The molecule has 1 heterocycles. The molecule has 0 aromatic heterocycles. The molecule has 57 heavy (non-hydrogen) atoms. The van der Waals surface area contributed by atoms with Crippen LogP contribution in [0.4, 0.5) is 0 Å². The summed E-state index contributed by atoms with van der Waals surface area (Å²) in [5.74, 6) is 0.394. The predicted molar refractivity (Wildman–Crippen MR) is 244 cm³/mol. The van der Waals surface area contributed by atoms with E-state index in [1.165, 1.54) is 186 Å². The van der Waals surface area contributed by atoms with Crippen LogP contribution in [-0.4, -0.2) is 73.6 Å². The summed E-state index contributed by atoms with van der Waals surface area (Å²) in [5.41, 5.74) is 0. The number of hydrogen-bond donors (Lipinski definition) is 0. The molecule has 1 aliphatic heterocycles. The lowest BCUT2D eigenvalue weighted by Crippen LogP contribution is -2.32. The van der Waals surface area contributed by atoms with Crippen LogP contribution in [0.1, 0.15) is 259 Å². The Bertz CT molecular complexity index is 839. The van der Waals surface area contributed by atoms with Gasteiger partial charge in [-0.3, -0.25) is 14.4 Å². The second kappa shape index (κ2) is 45.5. The first-order valence-corrected chi connectivity index (χ1v) is 25.3. The van der Waals surface area contributed by atoms with E-state index >= 15 is 0 Å². The van der Waals surface area contributed by atoms with E-state index in [0.717, 1.165) is 71.0 Å². The summed E-state index contributed by atoms with van der Waals surface area (Å²) < 4.78 is 10.6. The summed E-state index contributed by atoms with van der Waals surface area (Å²) in [6.07, 6.45) is 43.9. The van der Waals surface area contributed by atoms with Crippen LogP contribution in [0.2, 0.25) is 0 Å². The van der Waals surface area contributed by atoms with Gasteiger partial charge >= 0.3 is 5.97 Å². The molecule has 1 saturated heterocycles. The van der Waals surface area contributed by atoms with Crippen molar-refractivity contribution in [2.75, 3.05) is 39.3 Å². The number of nitrogens with zero attached hydrogens (tertiary/aromatic N) is 2. The van der Waals surface area contributed by atoms with Crippen molar-refractivity contribution in [3.8, 4) is 0 Å². The third-order valence-electron chi connectivity index (χ3n) is 11.7. The molecule has 1 rings (SSSR count). The molecular weight excluding hydrogens is 709 g/mol. The minimum atomic E-state index is 0.0403. The van der Waals surface area contributed by atoms with Crippen LogP contribution in [0, 0.1) is 0 Å². The molecule has 0 radical (unpaired) electrons. The number of carbonyl (C=O) groups is 3. The van der Waals surface area contributed by atoms with Gasteiger partial charge in [0.1, 0.15) is 6.10 Å². The standard InChI is InChI=1S/C40H78N2O3.C10H20O2/c1-4-7-10-13-17-22-29-38(30-23-18-14-11-8-5-2)45-40(44)32-24-19-16-21-26-34-41(33-25-20-15-12-9-6-3)35-28-37-42-36-27-31-39(42)43;1-2-3-4-5-6-7-8-9-12-10-11/h38H,4-37H2,1-3H3;10H,2-9H2,1H3. The van der Waals surface area contributed by atoms with E-state index in [4.69, 9.17) is 4.74 Å². The van der Waals surface area contributed by atoms with Crippen LogP contribution in [0.5, 0.6) is 0 Å². The predicted octanol–water partition coefficient (Wildman–Crippen LogP) is 14.3. The molecule has 0 aromatic rings. The fourth-order valence-electron chi connectivity index (χ4n) is 8.01. The molecule has 7 heteroatoms. The molecule has 338 valence electrons. The Morgan fingerprint density at radius 1 is 0.579 bits per heavy atom. The summed E-state index contributed by atoms with van der Waals surface area (Å²) in [4.78, 5) is 39.2. The number of ether oxygens (including phenoxy) is 2. The van der Waals surface area contributed by atoms with E-state index in [1.807, 2.05) is 0 Å². The third kappa shape index (κ3) is 39.6. The molecule has 0 aromatic carbocycles. The SMILES string of the molecule is CCCCCCCCC(CCCCCCCC)OC(=O)CCCCCCCN(CCCCCCCC)CCCN1CCCC1=O.CCCCCCCCCOC=O. The fraction of sp³-hybridized carbons (Fsp3) is 0.940. The van der Waals surface area contributed by atoms with E-state index in [-0.39, 0.29) is 12.1 Å². The van der Waals surface area contributed by atoms with E-state index in [9.17, 15) is 14.4 Å². The highest BCUT2D eigenvalue weighted by Gasteiger charge is 2.19. The van der Waals surface area contributed by atoms with E-state index in [0.29, 0.717) is 25.4 Å². The average Bonchev–Trinajstić information content (AvgIpc) is 3.63. The Morgan fingerprint density at radius 2 is 1.00 bits per heavy atom. The molecule has 1 aliphatic rings. The van der Waals surface area contributed by atoms with Gasteiger partial charge in [-0.05, 0) is 83.8 Å². The molecule has 0 saturated carbocycles. The van der Waals surface area contributed by atoms with Crippen molar-refractivity contribution in [1.82, 2.24) is 9.80 Å². The number of esters is 1. The molecule has 1 amide bonds. The molecule has 0 spiro atoms. The Kier molecular flexibility index (Phi) is 44.2. The van der Waals surface area contributed by atoms with Crippen LogP contribution in [0.15, 0.2) is 0 Å². The number of likely N-dealkylation sites (tertiary alicyclic amines) is 1. The van der Waals surface area contributed by atoms with Gasteiger partial charge in [0.2, 0.25) is 5.91 Å². The van der Waals surface area contributed by atoms with Crippen molar-refractivity contribution < 1.29 is 23.9 Å². The molecule has 7 nitrogen and oxygen atoms in total. The van der Waals surface area contributed by atoms with Crippen LogP contribution in [0.3, 0.4) is 0 Å². The summed E-state index contributed by atoms with van der Waals surface area (Å²) in [7, 11) is 0. The quantitative estimate of drug-likeness (QED) is 0.0347. The van der Waals surface area contributed by atoms with Crippen molar-refractivity contribution >= 4 is 18.3 Å². The topological polar surface area (TPSA) is 76.2 Å². The summed E-state index contributed by atoms with van der Waals surface area (Å²) >= 11 is 0. The molecule has 0 aliphatic carbocycles. The van der Waals surface area contributed by atoms with Crippen molar-refractivity contribution in [2.45, 2.75) is 265 Å². The lowest BCUT2D eigenvalue weighted by Gasteiger charge is -2.24. The Balaban J connectivity index is 0.00000224. The van der Waals surface area contributed by atoms with Gasteiger partial charge in [0.25, 0.3) is 6.47 Å². The fourth-order valence-corrected chi connectivity index (χ4v) is 8.01. The largest absolute Gasteiger partial charge is 0.468 e. The second-order valence-corrected chi connectivity index (χ2v) is 17.3. The lowest BCUT2D eigenvalue weighted by atomic mass is 10.0. The zero-order chi connectivity index (χ0) is 41.7. The first kappa shape index (κ1) is 55.4.